The van der Waals surface area contributed by atoms with Crippen LogP contribution in [0, 0.1) is 0 Å². The minimum Gasteiger partial charge on any atom is -0.464 e. The lowest BCUT2D eigenvalue weighted by Crippen LogP contribution is -2.16. The monoisotopic (exact) mass is 122 g/mol. The van der Waals surface area contributed by atoms with Crippen LogP contribution in [0.25, 0.3) is 0 Å². The van der Waals surface area contributed by atoms with Gasteiger partial charge < -0.3 is 9.22 Å². The molecular formula is C2H10O2Si2. The van der Waals surface area contributed by atoms with E-state index in [1.54, 1.807) is 0 Å². The molecular weight excluding hydrogens is 112 g/mol. The average molecular weight is 122 g/mol. The molecule has 1 N–H and O–H groups in total. The van der Waals surface area contributed by atoms with Crippen LogP contribution < -0.4 is 0 Å². The van der Waals surface area contributed by atoms with Crippen LogP contribution in [0.15, 0.2) is 0 Å². The summed E-state index contributed by atoms with van der Waals surface area (Å²) in [6, 6.07) is 0. The molecule has 0 aromatic rings. The number of aliphatic hydroxyl groups excluding tert-OH is 1. The van der Waals surface area contributed by atoms with Crippen molar-refractivity contribution in [2.75, 3.05) is 6.23 Å². The summed E-state index contributed by atoms with van der Waals surface area (Å²) in [7, 11) is -0.259. The maximum atomic E-state index is 8.29. The number of rotatable bonds is 2. The molecule has 2 nitrogen and oxygen atoms in total. The van der Waals surface area contributed by atoms with E-state index in [0.29, 0.717) is 0 Å². The molecule has 0 spiro atoms. The second-order valence-corrected chi connectivity index (χ2v) is 5.10. The third-order valence-corrected chi connectivity index (χ3v) is 4.39. The number of hydrogen-bond donors (Lipinski definition) is 1. The van der Waals surface area contributed by atoms with Crippen molar-refractivity contribution < 1.29 is 9.22 Å². The fourth-order valence-corrected chi connectivity index (χ4v) is 0.671. The first kappa shape index (κ1) is 6.35. The van der Waals surface area contributed by atoms with Crippen molar-refractivity contribution in [3.05, 3.63) is 0 Å². The summed E-state index contributed by atoms with van der Waals surface area (Å²) < 4.78 is 4.93. The lowest BCUT2D eigenvalue weighted by atomic mass is 11.7. The molecule has 0 amide bonds. The van der Waals surface area contributed by atoms with E-state index in [2.05, 4.69) is 0 Å². The molecule has 0 aliphatic rings. The smallest absolute Gasteiger partial charge is 0.185 e. The van der Waals surface area contributed by atoms with Gasteiger partial charge in [0.25, 0.3) is 0 Å². The zero-order chi connectivity index (χ0) is 4.99. The summed E-state index contributed by atoms with van der Waals surface area (Å²) in [6.45, 7) is 1.98. The molecule has 0 aromatic carbocycles. The van der Waals surface area contributed by atoms with Gasteiger partial charge in [-0.1, -0.05) is 0 Å². The minimum atomic E-state index is -1.04. The molecule has 4 heteroatoms. The van der Waals surface area contributed by atoms with E-state index in [-0.39, 0.29) is 6.23 Å². The molecule has 6 heavy (non-hydrogen) atoms. The Bertz CT molecular complexity index is 28.7. The summed E-state index contributed by atoms with van der Waals surface area (Å²) in [5, 5.41) is 8.29. The topological polar surface area (TPSA) is 29.5 Å². The standard InChI is InChI=1S/C2H10O2Si2/c1-6(2-3)4-5/h3,6H,2H2,1,5H3. The molecule has 1 atom stereocenters. The first-order valence-corrected chi connectivity index (χ1v) is 5.20. The Kier molecular flexibility index (Phi) is 3.75. The van der Waals surface area contributed by atoms with Crippen molar-refractivity contribution in [2.45, 2.75) is 6.55 Å². The molecule has 38 valence electrons. The van der Waals surface area contributed by atoms with Crippen molar-refractivity contribution in [1.82, 2.24) is 0 Å². The van der Waals surface area contributed by atoms with Gasteiger partial charge in [-0.2, -0.15) is 0 Å². The van der Waals surface area contributed by atoms with Crippen molar-refractivity contribution in [3.8, 4) is 0 Å². The lowest BCUT2D eigenvalue weighted by Gasteiger charge is -1.99. The molecule has 0 aromatic heterocycles. The predicted octanol–water partition coefficient (Wildman–Crippen LogP) is -1.83. The molecule has 0 saturated carbocycles. The van der Waals surface area contributed by atoms with Gasteiger partial charge in [-0.25, -0.2) is 0 Å². The quantitative estimate of drug-likeness (QED) is 0.437. The Labute approximate surface area is 42.4 Å². The largest absolute Gasteiger partial charge is 0.464 e. The maximum absolute atomic E-state index is 8.29. The molecule has 0 aliphatic carbocycles. The Balaban J connectivity index is 2.75. The van der Waals surface area contributed by atoms with Gasteiger partial charge in [-0.3, -0.25) is 0 Å². The third-order valence-electron chi connectivity index (χ3n) is 0.659. The molecule has 0 bridgehead atoms. The zero-order valence-electron chi connectivity index (χ0n) is 4.14. The van der Waals surface area contributed by atoms with Gasteiger partial charge in [0.15, 0.2) is 9.04 Å². The second kappa shape index (κ2) is 3.54. The average Bonchev–Trinajstić information content (AvgIpc) is 1.65. The van der Waals surface area contributed by atoms with E-state index >= 15 is 0 Å². The first-order valence-electron chi connectivity index (χ1n) is 1.95. The van der Waals surface area contributed by atoms with Gasteiger partial charge in [0.2, 0.25) is 0 Å². The summed E-state index contributed by atoms with van der Waals surface area (Å²) in [4.78, 5) is 0. The molecule has 0 heterocycles. The van der Waals surface area contributed by atoms with Crippen molar-refractivity contribution >= 4 is 19.5 Å². The van der Waals surface area contributed by atoms with Crippen LogP contribution in [-0.2, 0) is 4.12 Å². The molecule has 1 unspecified atom stereocenters. The molecule has 0 fully saturated rings. The Morgan fingerprint density at radius 1 is 2.00 bits per heavy atom. The highest BCUT2D eigenvalue weighted by molar-refractivity contribution is 6.53. The van der Waals surface area contributed by atoms with E-state index in [1.807, 2.05) is 6.55 Å². The van der Waals surface area contributed by atoms with E-state index in [4.69, 9.17) is 9.22 Å². The van der Waals surface area contributed by atoms with Gasteiger partial charge in [-0.05, 0) is 6.55 Å². The normalized spacial score (nSPS) is 15.0. The summed E-state index contributed by atoms with van der Waals surface area (Å²) >= 11 is 0. The van der Waals surface area contributed by atoms with Crippen LogP contribution in [0.4, 0.5) is 0 Å². The summed E-state index contributed by atoms with van der Waals surface area (Å²) in [5.74, 6) is 0. The van der Waals surface area contributed by atoms with Gasteiger partial charge >= 0.3 is 0 Å². The Morgan fingerprint density at radius 2 is 2.50 bits per heavy atom. The molecule has 0 rings (SSSR count). The molecule has 0 saturated heterocycles. The van der Waals surface area contributed by atoms with Crippen molar-refractivity contribution in [2.24, 2.45) is 0 Å². The Morgan fingerprint density at radius 3 is 2.50 bits per heavy atom. The van der Waals surface area contributed by atoms with Gasteiger partial charge in [-0.15, -0.1) is 0 Å². The van der Waals surface area contributed by atoms with Gasteiger partial charge in [0.1, 0.15) is 10.5 Å². The summed E-state index contributed by atoms with van der Waals surface area (Å²) in [6.07, 6.45) is 0.281. The highest BCUT2D eigenvalue weighted by Crippen LogP contribution is 1.73. The molecule has 0 radical (unpaired) electrons. The predicted molar refractivity (Wildman–Crippen MR) is 31.1 cm³/mol. The van der Waals surface area contributed by atoms with Crippen molar-refractivity contribution in [3.63, 3.8) is 0 Å². The van der Waals surface area contributed by atoms with Crippen LogP contribution in [0.5, 0.6) is 0 Å². The van der Waals surface area contributed by atoms with Crippen LogP contribution in [0.2, 0.25) is 6.55 Å². The first-order chi connectivity index (χ1) is 2.81. The van der Waals surface area contributed by atoms with Crippen LogP contribution in [0.3, 0.4) is 0 Å². The van der Waals surface area contributed by atoms with E-state index in [0.717, 1.165) is 10.5 Å². The third kappa shape index (κ3) is 2.58. The van der Waals surface area contributed by atoms with Gasteiger partial charge in [0, 0.05) is 0 Å². The fourth-order valence-electron chi connectivity index (χ4n) is 0.0745. The fraction of sp³-hybridized carbons (Fsp3) is 1.00. The second-order valence-electron chi connectivity index (χ2n) is 1.23. The zero-order valence-corrected chi connectivity index (χ0v) is 7.29. The summed E-state index contributed by atoms with van der Waals surface area (Å²) in [5.41, 5.74) is 0. The SMILES string of the molecule is C[SiH](CO)O[SiH3]. The van der Waals surface area contributed by atoms with Crippen molar-refractivity contribution in [1.29, 1.82) is 0 Å². The molecule has 0 aliphatic heterocycles. The van der Waals surface area contributed by atoms with Crippen LogP contribution in [0.1, 0.15) is 0 Å². The van der Waals surface area contributed by atoms with E-state index < -0.39 is 9.04 Å². The number of aliphatic hydroxyl groups is 1. The van der Waals surface area contributed by atoms with E-state index in [9.17, 15) is 0 Å². The minimum absolute atomic E-state index is 0.281. The highest BCUT2D eigenvalue weighted by Gasteiger charge is 1.93. The van der Waals surface area contributed by atoms with Gasteiger partial charge in [0.05, 0.1) is 6.23 Å². The Hall–Kier alpha value is 0.354. The van der Waals surface area contributed by atoms with E-state index in [1.165, 1.54) is 0 Å². The number of hydrogen-bond acceptors (Lipinski definition) is 2. The highest BCUT2D eigenvalue weighted by atomic mass is 28.3. The lowest BCUT2D eigenvalue weighted by molar-refractivity contribution is 0.346. The van der Waals surface area contributed by atoms with Crippen LogP contribution >= 0.6 is 0 Å². The van der Waals surface area contributed by atoms with Crippen LogP contribution in [-0.4, -0.2) is 30.9 Å². The maximum Gasteiger partial charge on any atom is 0.185 e.